The van der Waals surface area contributed by atoms with E-state index in [1.807, 2.05) is 12.1 Å². The van der Waals surface area contributed by atoms with Gasteiger partial charge >= 0.3 is 5.97 Å². The summed E-state index contributed by atoms with van der Waals surface area (Å²) in [5.41, 5.74) is 3.41. The number of carbonyl (C=O) groups is 1. The molecule has 2 atom stereocenters. The number of hydrogen-bond donors (Lipinski definition) is 1. The van der Waals surface area contributed by atoms with E-state index in [9.17, 15) is 14.3 Å². The topological polar surface area (TPSA) is 65.0 Å². The first-order valence-electron chi connectivity index (χ1n) is 9.94. The third-order valence-electron chi connectivity index (χ3n) is 5.16. The predicted octanol–water partition coefficient (Wildman–Crippen LogP) is 4.71. The molecule has 1 heterocycles. The van der Waals surface area contributed by atoms with E-state index in [1.54, 1.807) is 32.4 Å². The molecular weight excluding hydrogens is 387 g/mol. The first-order valence-corrected chi connectivity index (χ1v) is 9.94. The van der Waals surface area contributed by atoms with Crippen LogP contribution in [0.15, 0.2) is 36.4 Å². The molecule has 0 spiro atoms. The SMILES string of the molecule is COc1cc(C(C)C)c(C=CC2CC(O)CC(=O)O2)c(-c2ccc(F)cc2)c1OC. The minimum absolute atomic E-state index is 0.0127. The zero-order valence-corrected chi connectivity index (χ0v) is 17.6. The number of aliphatic hydroxyl groups excluding tert-OH is 1. The van der Waals surface area contributed by atoms with Crippen LogP contribution in [0.1, 0.15) is 43.7 Å². The summed E-state index contributed by atoms with van der Waals surface area (Å²) in [6, 6.07) is 8.11. The molecule has 6 heteroatoms. The van der Waals surface area contributed by atoms with Crippen LogP contribution in [0.25, 0.3) is 17.2 Å². The lowest BCUT2D eigenvalue weighted by Gasteiger charge is -2.24. The van der Waals surface area contributed by atoms with Gasteiger partial charge in [-0.1, -0.05) is 32.1 Å². The highest BCUT2D eigenvalue weighted by molar-refractivity contribution is 5.85. The van der Waals surface area contributed by atoms with Gasteiger partial charge in [0.1, 0.15) is 11.9 Å². The minimum Gasteiger partial charge on any atom is -0.493 e. The van der Waals surface area contributed by atoms with Crippen molar-refractivity contribution in [2.45, 2.75) is 44.8 Å². The van der Waals surface area contributed by atoms with E-state index >= 15 is 0 Å². The van der Waals surface area contributed by atoms with Gasteiger partial charge in [0.2, 0.25) is 0 Å². The lowest BCUT2D eigenvalue weighted by Crippen LogP contribution is -2.31. The first kappa shape index (κ1) is 21.8. The minimum atomic E-state index is -0.715. The monoisotopic (exact) mass is 414 g/mol. The highest BCUT2D eigenvalue weighted by Gasteiger charge is 2.26. The summed E-state index contributed by atoms with van der Waals surface area (Å²) in [5.74, 6) is 0.526. The normalized spacial score (nSPS) is 19.2. The van der Waals surface area contributed by atoms with Gasteiger partial charge in [-0.15, -0.1) is 0 Å². The Labute approximate surface area is 176 Å². The van der Waals surface area contributed by atoms with Crippen LogP contribution in [0.2, 0.25) is 0 Å². The Morgan fingerprint density at radius 1 is 1.20 bits per heavy atom. The molecule has 1 fully saturated rings. The average molecular weight is 414 g/mol. The lowest BCUT2D eigenvalue weighted by atomic mass is 9.88. The van der Waals surface area contributed by atoms with Crippen molar-refractivity contribution in [3.63, 3.8) is 0 Å². The van der Waals surface area contributed by atoms with Gasteiger partial charge < -0.3 is 19.3 Å². The summed E-state index contributed by atoms with van der Waals surface area (Å²) in [6.45, 7) is 4.13. The number of hydrogen-bond acceptors (Lipinski definition) is 5. The van der Waals surface area contributed by atoms with Crippen LogP contribution in [0.3, 0.4) is 0 Å². The van der Waals surface area contributed by atoms with E-state index in [0.29, 0.717) is 17.9 Å². The Morgan fingerprint density at radius 2 is 1.90 bits per heavy atom. The van der Waals surface area contributed by atoms with Gasteiger partial charge in [0.05, 0.1) is 26.7 Å². The fraction of sp³-hybridized carbons (Fsp3) is 0.375. The van der Waals surface area contributed by atoms with Gasteiger partial charge in [-0.3, -0.25) is 4.79 Å². The first-order chi connectivity index (χ1) is 14.3. The Bertz CT molecular complexity index is 934. The maximum Gasteiger partial charge on any atom is 0.309 e. The number of halogens is 1. The van der Waals surface area contributed by atoms with Crippen LogP contribution in [-0.2, 0) is 9.53 Å². The largest absolute Gasteiger partial charge is 0.493 e. The Hall–Kier alpha value is -2.86. The molecule has 1 aliphatic rings. The van der Waals surface area contributed by atoms with Gasteiger partial charge in [0.15, 0.2) is 11.5 Å². The molecule has 0 amide bonds. The van der Waals surface area contributed by atoms with Gasteiger partial charge in [-0.05, 0) is 46.9 Å². The highest BCUT2D eigenvalue weighted by atomic mass is 19.1. The second-order valence-electron chi connectivity index (χ2n) is 7.63. The van der Waals surface area contributed by atoms with Crippen LogP contribution >= 0.6 is 0 Å². The van der Waals surface area contributed by atoms with Gasteiger partial charge in [-0.2, -0.15) is 0 Å². The van der Waals surface area contributed by atoms with Crippen molar-refractivity contribution in [1.82, 2.24) is 0 Å². The third kappa shape index (κ3) is 4.65. The van der Waals surface area contributed by atoms with Crippen molar-refractivity contribution < 1.29 is 28.5 Å². The number of esters is 1. The van der Waals surface area contributed by atoms with Crippen molar-refractivity contribution in [3.05, 3.63) is 53.4 Å². The van der Waals surface area contributed by atoms with Crippen molar-refractivity contribution in [2.24, 2.45) is 0 Å². The van der Waals surface area contributed by atoms with E-state index < -0.39 is 18.2 Å². The third-order valence-corrected chi connectivity index (χ3v) is 5.16. The summed E-state index contributed by atoms with van der Waals surface area (Å²) >= 11 is 0. The summed E-state index contributed by atoms with van der Waals surface area (Å²) < 4.78 is 30.2. The number of cyclic esters (lactones) is 1. The standard InChI is InChI=1S/C24H27FO5/c1-14(2)20-13-21(28-3)24(29-4)23(15-5-7-16(25)8-6-15)19(20)10-9-18-11-17(26)12-22(27)30-18/h5-10,13-14,17-18,26H,11-12H2,1-4H3. The molecule has 0 radical (unpaired) electrons. The maximum atomic E-state index is 13.6. The van der Waals surface area contributed by atoms with E-state index in [-0.39, 0.29) is 18.2 Å². The van der Waals surface area contributed by atoms with Crippen molar-refractivity contribution in [2.75, 3.05) is 14.2 Å². The van der Waals surface area contributed by atoms with Gasteiger partial charge in [0.25, 0.3) is 0 Å². The van der Waals surface area contributed by atoms with Crippen LogP contribution < -0.4 is 9.47 Å². The zero-order valence-electron chi connectivity index (χ0n) is 17.6. The molecule has 0 bridgehead atoms. The molecule has 30 heavy (non-hydrogen) atoms. The predicted molar refractivity (Wildman–Crippen MR) is 113 cm³/mol. The van der Waals surface area contributed by atoms with Crippen molar-refractivity contribution >= 4 is 12.0 Å². The number of methoxy groups -OCH3 is 2. The molecule has 0 aromatic heterocycles. The Kier molecular flexibility index (Phi) is 6.77. The maximum absolute atomic E-state index is 13.6. The number of ether oxygens (including phenoxy) is 3. The lowest BCUT2D eigenvalue weighted by molar-refractivity contribution is -0.156. The van der Waals surface area contributed by atoms with E-state index in [1.165, 1.54) is 12.1 Å². The molecule has 5 nitrogen and oxygen atoms in total. The second-order valence-corrected chi connectivity index (χ2v) is 7.63. The Morgan fingerprint density at radius 3 is 2.47 bits per heavy atom. The van der Waals surface area contributed by atoms with Crippen LogP contribution in [0.5, 0.6) is 11.5 Å². The van der Waals surface area contributed by atoms with Crippen LogP contribution in [0.4, 0.5) is 4.39 Å². The molecule has 0 saturated carbocycles. The molecule has 160 valence electrons. The molecule has 0 aliphatic carbocycles. The molecule has 1 aliphatic heterocycles. The summed E-state index contributed by atoms with van der Waals surface area (Å²) in [5, 5.41) is 9.89. The van der Waals surface area contributed by atoms with Gasteiger partial charge in [0, 0.05) is 12.0 Å². The number of benzene rings is 2. The fourth-order valence-corrected chi connectivity index (χ4v) is 3.72. The van der Waals surface area contributed by atoms with Crippen LogP contribution in [-0.4, -0.2) is 37.5 Å². The quantitative estimate of drug-likeness (QED) is 0.694. The number of aliphatic hydroxyl groups is 1. The summed E-state index contributed by atoms with van der Waals surface area (Å²) in [7, 11) is 3.14. The zero-order chi connectivity index (χ0) is 21.8. The summed E-state index contributed by atoms with van der Waals surface area (Å²) in [6.07, 6.45) is 2.78. The van der Waals surface area contributed by atoms with Crippen molar-refractivity contribution in [1.29, 1.82) is 0 Å². The smallest absolute Gasteiger partial charge is 0.309 e. The molecule has 2 unspecified atom stereocenters. The van der Waals surface area contributed by atoms with Crippen molar-refractivity contribution in [3.8, 4) is 22.6 Å². The second kappa shape index (κ2) is 9.30. The molecule has 1 saturated heterocycles. The van der Waals surface area contributed by atoms with E-state index in [0.717, 1.165) is 22.3 Å². The summed E-state index contributed by atoms with van der Waals surface area (Å²) in [4.78, 5) is 11.7. The highest BCUT2D eigenvalue weighted by Crippen LogP contribution is 2.45. The van der Waals surface area contributed by atoms with E-state index in [4.69, 9.17) is 14.2 Å². The molecule has 1 N–H and O–H groups in total. The fourth-order valence-electron chi connectivity index (χ4n) is 3.72. The number of rotatable bonds is 6. The average Bonchev–Trinajstić information content (AvgIpc) is 2.70. The molecule has 3 rings (SSSR count). The number of carbonyl (C=O) groups excluding carboxylic acids is 1. The molecule has 2 aromatic carbocycles. The molecular formula is C24H27FO5. The van der Waals surface area contributed by atoms with Gasteiger partial charge in [-0.25, -0.2) is 4.39 Å². The van der Waals surface area contributed by atoms with E-state index in [2.05, 4.69) is 13.8 Å². The Balaban J connectivity index is 2.19. The van der Waals surface area contributed by atoms with Crippen LogP contribution in [0, 0.1) is 5.82 Å². The molecule has 2 aromatic rings.